The predicted molar refractivity (Wildman–Crippen MR) is 74.5 cm³/mol. The number of aliphatic carboxylic acids is 1. The first-order valence-electron chi connectivity index (χ1n) is 6.33. The van der Waals surface area contributed by atoms with Crippen LogP contribution in [0.5, 0.6) is 0 Å². The normalized spacial score (nSPS) is 19.9. The maximum Gasteiger partial charge on any atom is 0.305 e. The Hall–Kier alpha value is -1.44. The Morgan fingerprint density at radius 2 is 2.05 bits per heavy atom. The molecule has 0 saturated carbocycles. The summed E-state index contributed by atoms with van der Waals surface area (Å²) in [6.45, 7) is 0.301. The van der Waals surface area contributed by atoms with Crippen LogP contribution >= 0.6 is 0 Å². The van der Waals surface area contributed by atoms with Crippen molar-refractivity contribution in [2.24, 2.45) is 0 Å². The Labute approximate surface area is 118 Å². The molecule has 0 aliphatic carbocycles. The molecule has 1 unspecified atom stereocenters. The van der Waals surface area contributed by atoms with Gasteiger partial charge in [0.25, 0.3) is 10.2 Å². The predicted octanol–water partition coefficient (Wildman–Crippen LogP) is 0.867. The molecule has 0 fully saturated rings. The molecule has 1 aromatic carbocycles. The van der Waals surface area contributed by atoms with Crippen LogP contribution in [0.1, 0.15) is 23.6 Å². The van der Waals surface area contributed by atoms with E-state index in [-0.39, 0.29) is 6.42 Å². The van der Waals surface area contributed by atoms with Gasteiger partial charge in [-0.25, -0.2) is 0 Å². The molecule has 1 aliphatic heterocycles. The third kappa shape index (κ3) is 2.70. The summed E-state index contributed by atoms with van der Waals surface area (Å²) in [5.74, 6) is -1.01. The van der Waals surface area contributed by atoms with Crippen molar-refractivity contribution in [3.63, 3.8) is 0 Å². The van der Waals surface area contributed by atoms with E-state index < -0.39 is 22.2 Å². The maximum atomic E-state index is 12.3. The standard InChI is InChI=1S/C13H18N2O4S/c1-14(2)20(18,19)15-8-7-10-5-3-4-6-11(10)12(15)9-13(16)17/h3-6,12H,7-9H2,1-2H3,(H,16,17). The minimum atomic E-state index is -3.63. The number of carboxylic acid groups (broad SMARTS) is 1. The number of nitrogens with zero attached hydrogens (tertiary/aromatic N) is 2. The zero-order valence-corrected chi connectivity index (χ0v) is 12.3. The van der Waals surface area contributed by atoms with Crippen molar-refractivity contribution in [2.45, 2.75) is 18.9 Å². The van der Waals surface area contributed by atoms with Gasteiger partial charge < -0.3 is 5.11 Å². The van der Waals surface area contributed by atoms with Crippen LogP contribution in [0.15, 0.2) is 24.3 Å². The van der Waals surface area contributed by atoms with Gasteiger partial charge in [-0.05, 0) is 17.5 Å². The molecule has 7 heteroatoms. The highest BCUT2D eigenvalue weighted by Gasteiger charge is 2.37. The van der Waals surface area contributed by atoms with Gasteiger partial charge in [-0.15, -0.1) is 0 Å². The van der Waals surface area contributed by atoms with Crippen molar-refractivity contribution in [1.29, 1.82) is 0 Å². The van der Waals surface area contributed by atoms with E-state index in [9.17, 15) is 13.2 Å². The van der Waals surface area contributed by atoms with Crippen molar-refractivity contribution in [1.82, 2.24) is 8.61 Å². The molecule has 1 heterocycles. The fraction of sp³-hybridized carbons (Fsp3) is 0.462. The van der Waals surface area contributed by atoms with Crippen molar-refractivity contribution in [3.8, 4) is 0 Å². The minimum Gasteiger partial charge on any atom is -0.481 e. The fourth-order valence-electron chi connectivity index (χ4n) is 2.49. The Bertz CT molecular complexity index is 613. The number of carbonyl (C=O) groups is 1. The third-order valence-corrected chi connectivity index (χ3v) is 5.44. The highest BCUT2D eigenvalue weighted by atomic mass is 32.2. The molecule has 1 N–H and O–H groups in total. The van der Waals surface area contributed by atoms with Gasteiger partial charge in [-0.1, -0.05) is 24.3 Å². The lowest BCUT2D eigenvalue weighted by atomic mass is 9.92. The second-order valence-electron chi connectivity index (χ2n) is 4.96. The van der Waals surface area contributed by atoms with Gasteiger partial charge in [0.05, 0.1) is 12.5 Å². The summed E-state index contributed by atoms with van der Waals surface area (Å²) >= 11 is 0. The number of carboxylic acids is 1. The second-order valence-corrected chi connectivity index (χ2v) is 7.06. The molecule has 0 saturated heterocycles. The smallest absolute Gasteiger partial charge is 0.305 e. The van der Waals surface area contributed by atoms with Crippen LogP contribution in [0.25, 0.3) is 0 Å². The van der Waals surface area contributed by atoms with Crippen LogP contribution in [-0.4, -0.2) is 48.7 Å². The zero-order chi connectivity index (χ0) is 14.9. The van der Waals surface area contributed by atoms with Crippen LogP contribution in [0.4, 0.5) is 0 Å². The van der Waals surface area contributed by atoms with Gasteiger partial charge in [0.1, 0.15) is 0 Å². The molecule has 1 aromatic rings. The summed E-state index contributed by atoms with van der Waals surface area (Å²) < 4.78 is 27.1. The van der Waals surface area contributed by atoms with Gasteiger partial charge in [-0.3, -0.25) is 4.79 Å². The summed E-state index contributed by atoms with van der Waals surface area (Å²) in [6, 6.07) is 6.76. The quantitative estimate of drug-likeness (QED) is 0.894. The van der Waals surface area contributed by atoms with Crippen molar-refractivity contribution in [3.05, 3.63) is 35.4 Å². The molecule has 2 rings (SSSR count). The average molecular weight is 298 g/mol. The van der Waals surface area contributed by atoms with E-state index in [4.69, 9.17) is 5.11 Å². The molecule has 0 bridgehead atoms. The van der Waals surface area contributed by atoms with Gasteiger partial charge in [0, 0.05) is 20.6 Å². The molecule has 0 amide bonds. The lowest BCUT2D eigenvalue weighted by Gasteiger charge is -2.36. The highest BCUT2D eigenvalue weighted by Crippen LogP contribution is 2.34. The van der Waals surface area contributed by atoms with Gasteiger partial charge in [-0.2, -0.15) is 17.0 Å². The van der Waals surface area contributed by atoms with Crippen LogP contribution in [0, 0.1) is 0 Å². The Kier molecular flexibility index (Phi) is 4.12. The molecule has 1 aliphatic rings. The molecular weight excluding hydrogens is 280 g/mol. The number of hydrogen-bond donors (Lipinski definition) is 1. The fourth-order valence-corrected chi connectivity index (χ4v) is 3.74. The SMILES string of the molecule is CN(C)S(=O)(=O)N1CCc2ccccc2C1CC(=O)O. The first-order chi connectivity index (χ1) is 9.34. The second kappa shape index (κ2) is 5.51. The largest absolute Gasteiger partial charge is 0.481 e. The first kappa shape index (κ1) is 15.0. The third-order valence-electron chi connectivity index (χ3n) is 3.49. The molecule has 0 aromatic heterocycles. The molecular formula is C13H18N2O4S. The number of rotatable bonds is 4. The number of fused-ring (bicyclic) bond motifs is 1. The van der Waals surface area contributed by atoms with Gasteiger partial charge in [0.2, 0.25) is 0 Å². The monoisotopic (exact) mass is 298 g/mol. The Morgan fingerprint density at radius 1 is 1.40 bits per heavy atom. The van der Waals surface area contributed by atoms with Crippen LogP contribution in [0.2, 0.25) is 0 Å². The molecule has 110 valence electrons. The van der Waals surface area contributed by atoms with E-state index in [1.165, 1.54) is 18.4 Å². The Morgan fingerprint density at radius 3 is 2.65 bits per heavy atom. The van der Waals surface area contributed by atoms with E-state index in [2.05, 4.69) is 0 Å². The lowest BCUT2D eigenvalue weighted by molar-refractivity contribution is -0.138. The van der Waals surface area contributed by atoms with E-state index >= 15 is 0 Å². The van der Waals surface area contributed by atoms with Gasteiger partial charge >= 0.3 is 5.97 Å². The summed E-state index contributed by atoms with van der Waals surface area (Å²) in [5, 5.41) is 9.08. The van der Waals surface area contributed by atoms with E-state index in [1.54, 1.807) is 12.1 Å². The molecule has 0 radical (unpaired) electrons. The van der Waals surface area contributed by atoms with Crippen molar-refractivity contribution < 1.29 is 18.3 Å². The topological polar surface area (TPSA) is 77.9 Å². The van der Waals surface area contributed by atoms with E-state index in [1.807, 2.05) is 12.1 Å². The molecule has 20 heavy (non-hydrogen) atoms. The van der Waals surface area contributed by atoms with Crippen molar-refractivity contribution in [2.75, 3.05) is 20.6 Å². The van der Waals surface area contributed by atoms with Crippen LogP contribution < -0.4 is 0 Å². The van der Waals surface area contributed by atoms with Crippen molar-refractivity contribution >= 4 is 16.2 Å². The van der Waals surface area contributed by atoms with E-state index in [0.717, 1.165) is 15.4 Å². The molecule has 6 nitrogen and oxygen atoms in total. The number of benzene rings is 1. The summed E-state index contributed by atoms with van der Waals surface area (Å²) in [7, 11) is -0.730. The van der Waals surface area contributed by atoms with E-state index in [0.29, 0.717) is 13.0 Å². The molecule has 1 atom stereocenters. The highest BCUT2D eigenvalue weighted by molar-refractivity contribution is 7.86. The zero-order valence-electron chi connectivity index (χ0n) is 11.5. The molecule has 0 spiro atoms. The Balaban J connectivity index is 2.47. The summed E-state index contributed by atoms with van der Waals surface area (Å²) in [6.07, 6.45) is 0.365. The van der Waals surface area contributed by atoms with Gasteiger partial charge in [0.15, 0.2) is 0 Å². The van der Waals surface area contributed by atoms with Crippen LogP contribution in [-0.2, 0) is 21.4 Å². The maximum absolute atomic E-state index is 12.3. The number of hydrogen-bond acceptors (Lipinski definition) is 3. The summed E-state index contributed by atoms with van der Waals surface area (Å²) in [4.78, 5) is 11.1. The average Bonchev–Trinajstić information content (AvgIpc) is 2.38. The summed E-state index contributed by atoms with van der Waals surface area (Å²) in [5.41, 5.74) is 1.80. The lowest BCUT2D eigenvalue weighted by Crippen LogP contribution is -2.46. The van der Waals surface area contributed by atoms with Crippen LogP contribution in [0.3, 0.4) is 0 Å². The minimum absolute atomic E-state index is 0.232. The first-order valence-corrected chi connectivity index (χ1v) is 7.72.